The van der Waals surface area contributed by atoms with Gasteiger partial charge in [-0.2, -0.15) is 4.98 Å². The third-order valence-electron chi connectivity index (χ3n) is 2.38. The van der Waals surface area contributed by atoms with Gasteiger partial charge < -0.3 is 10.5 Å². The van der Waals surface area contributed by atoms with Gasteiger partial charge in [-0.3, -0.25) is 0 Å². The molecule has 2 rings (SSSR count). The van der Waals surface area contributed by atoms with Crippen molar-refractivity contribution < 1.29 is 4.74 Å². The van der Waals surface area contributed by atoms with Crippen LogP contribution in [0.3, 0.4) is 0 Å². The van der Waals surface area contributed by atoms with E-state index in [0.29, 0.717) is 22.3 Å². The van der Waals surface area contributed by atoms with Crippen molar-refractivity contribution in [3.05, 3.63) is 45.7 Å². The zero-order chi connectivity index (χ0) is 13.1. The van der Waals surface area contributed by atoms with Crippen LogP contribution in [0.2, 0.25) is 10.0 Å². The van der Waals surface area contributed by atoms with Crippen LogP contribution >= 0.6 is 23.2 Å². The summed E-state index contributed by atoms with van der Waals surface area (Å²) in [6.07, 6.45) is 1.65. The molecule has 0 spiro atoms. The van der Waals surface area contributed by atoms with E-state index in [1.807, 2.05) is 6.92 Å². The second-order valence-electron chi connectivity index (χ2n) is 3.65. The van der Waals surface area contributed by atoms with Crippen LogP contribution in [0.25, 0.3) is 0 Å². The summed E-state index contributed by atoms with van der Waals surface area (Å²) in [5.41, 5.74) is 7.22. The lowest BCUT2D eigenvalue weighted by molar-refractivity contribution is 0.439. The predicted octanol–water partition coefficient (Wildman–Crippen LogP) is 3.34. The smallest absolute Gasteiger partial charge is 0.322 e. The Labute approximate surface area is 115 Å². The van der Waals surface area contributed by atoms with Crippen molar-refractivity contribution in [2.75, 3.05) is 0 Å². The van der Waals surface area contributed by atoms with E-state index in [1.54, 1.807) is 24.4 Å². The molecule has 0 amide bonds. The second kappa shape index (κ2) is 5.52. The van der Waals surface area contributed by atoms with E-state index >= 15 is 0 Å². The molecule has 1 heterocycles. The summed E-state index contributed by atoms with van der Waals surface area (Å²) >= 11 is 11.7. The number of hydrogen-bond acceptors (Lipinski definition) is 4. The summed E-state index contributed by atoms with van der Waals surface area (Å²) in [6, 6.07) is 5.21. The fourth-order valence-electron chi connectivity index (χ4n) is 1.37. The number of benzene rings is 1. The maximum Gasteiger partial charge on any atom is 0.322 e. The predicted molar refractivity (Wildman–Crippen MR) is 71.2 cm³/mol. The summed E-state index contributed by atoms with van der Waals surface area (Å²) in [5, 5.41) is 0.893. The van der Waals surface area contributed by atoms with Crippen molar-refractivity contribution in [2.45, 2.75) is 13.5 Å². The van der Waals surface area contributed by atoms with Gasteiger partial charge in [-0.1, -0.05) is 23.2 Å². The first kappa shape index (κ1) is 13.1. The molecule has 1 aromatic heterocycles. The normalized spacial score (nSPS) is 10.4. The molecule has 94 valence electrons. The monoisotopic (exact) mass is 283 g/mol. The van der Waals surface area contributed by atoms with Gasteiger partial charge in [-0.05, 0) is 19.1 Å². The summed E-state index contributed by atoms with van der Waals surface area (Å²) in [6.45, 7) is 2.25. The van der Waals surface area contributed by atoms with Gasteiger partial charge in [0.15, 0.2) is 0 Å². The number of nitrogens with zero attached hydrogens (tertiary/aromatic N) is 2. The first-order valence-electron chi connectivity index (χ1n) is 5.25. The van der Waals surface area contributed by atoms with Gasteiger partial charge in [0.05, 0.1) is 10.0 Å². The van der Waals surface area contributed by atoms with Gasteiger partial charge in [0.2, 0.25) is 0 Å². The minimum atomic E-state index is 0.253. The molecule has 18 heavy (non-hydrogen) atoms. The Hall–Kier alpha value is -1.36. The Bertz CT molecular complexity index is 575. The average molecular weight is 284 g/mol. The fraction of sp³-hybridized carbons (Fsp3) is 0.167. The van der Waals surface area contributed by atoms with Gasteiger partial charge in [-0.25, -0.2) is 4.98 Å². The zero-order valence-electron chi connectivity index (χ0n) is 9.65. The topological polar surface area (TPSA) is 61.0 Å². The maximum atomic E-state index is 5.89. The van der Waals surface area contributed by atoms with Crippen LogP contribution < -0.4 is 10.5 Å². The molecule has 0 atom stereocenters. The van der Waals surface area contributed by atoms with E-state index in [4.69, 9.17) is 33.7 Å². The molecule has 6 heteroatoms. The van der Waals surface area contributed by atoms with Gasteiger partial charge in [0.1, 0.15) is 5.75 Å². The van der Waals surface area contributed by atoms with Crippen LogP contribution in [0.4, 0.5) is 0 Å². The van der Waals surface area contributed by atoms with E-state index in [1.165, 1.54) is 0 Å². The number of ether oxygens (including phenoxy) is 1. The number of rotatable bonds is 3. The molecule has 0 bridgehead atoms. The molecule has 2 N–H and O–H groups in total. The molecular formula is C12H11Cl2N3O. The molecule has 0 saturated carbocycles. The molecule has 0 unspecified atom stereocenters. The van der Waals surface area contributed by atoms with Crippen LogP contribution in [0.5, 0.6) is 11.8 Å². The summed E-state index contributed by atoms with van der Waals surface area (Å²) in [5.74, 6) is 0.532. The van der Waals surface area contributed by atoms with E-state index in [-0.39, 0.29) is 6.01 Å². The highest BCUT2D eigenvalue weighted by Gasteiger charge is 2.06. The molecule has 0 aliphatic carbocycles. The first-order valence-corrected chi connectivity index (χ1v) is 6.01. The van der Waals surface area contributed by atoms with Gasteiger partial charge >= 0.3 is 6.01 Å². The van der Waals surface area contributed by atoms with Crippen molar-refractivity contribution in [3.63, 3.8) is 0 Å². The summed E-state index contributed by atoms with van der Waals surface area (Å²) in [4.78, 5) is 8.27. The lowest BCUT2D eigenvalue weighted by Crippen LogP contribution is -2.03. The Kier molecular flexibility index (Phi) is 4.01. The van der Waals surface area contributed by atoms with E-state index < -0.39 is 0 Å². The third kappa shape index (κ3) is 2.90. The minimum absolute atomic E-state index is 0.253. The first-order chi connectivity index (χ1) is 8.60. The van der Waals surface area contributed by atoms with Crippen molar-refractivity contribution in [1.29, 1.82) is 0 Å². The van der Waals surface area contributed by atoms with Crippen molar-refractivity contribution >= 4 is 23.2 Å². The van der Waals surface area contributed by atoms with Crippen LogP contribution in [-0.2, 0) is 6.54 Å². The highest BCUT2D eigenvalue weighted by Crippen LogP contribution is 2.28. The van der Waals surface area contributed by atoms with Crippen molar-refractivity contribution in [1.82, 2.24) is 9.97 Å². The molecule has 0 radical (unpaired) electrons. The van der Waals surface area contributed by atoms with Crippen molar-refractivity contribution in [3.8, 4) is 11.8 Å². The summed E-state index contributed by atoms with van der Waals surface area (Å²) in [7, 11) is 0. The summed E-state index contributed by atoms with van der Waals surface area (Å²) < 4.78 is 5.49. The minimum Gasteiger partial charge on any atom is -0.424 e. The molecule has 2 aromatic rings. The Morgan fingerprint density at radius 2 is 2.06 bits per heavy atom. The number of halogens is 2. The molecule has 1 aromatic carbocycles. The lowest BCUT2D eigenvalue weighted by atomic mass is 10.2. The second-order valence-corrected chi connectivity index (χ2v) is 4.46. The SMILES string of the molecule is Cc1nc(Oc2ccc(Cl)c(Cl)c2)ncc1CN. The Morgan fingerprint density at radius 1 is 1.28 bits per heavy atom. The third-order valence-corrected chi connectivity index (χ3v) is 3.12. The largest absolute Gasteiger partial charge is 0.424 e. The Morgan fingerprint density at radius 3 is 2.67 bits per heavy atom. The standard InChI is InChI=1S/C12H11Cl2N3O/c1-7-8(5-15)6-16-12(17-7)18-9-2-3-10(13)11(14)4-9/h2-4,6H,5,15H2,1H3. The quantitative estimate of drug-likeness (QED) is 0.939. The van der Waals surface area contributed by atoms with Gasteiger partial charge in [-0.15, -0.1) is 0 Å². The van der Waals surface area contributed by atoms with Crippen LogP contribution in [0.15, 0.2) is 24.4 Å². The van der Waals surface area contributed by atoms with Crippen LogP contribution in [-0.4, -0.2) is 9.97 Å². The molecular weight excluding hydrogens is 273 g/mol. The molecule has 4 nitrogen and oxygen atoms in total. The molecule has 0 saturated heterocycles. The van der Waals surface area contributed by atoms with Crippen molar-refractivity contribution in [2.24, 2.45) is 5.73 Å². The Balaban J connectivity index is 2.23. The van der Waals surface area contributed by atoms with E-state index in [9.17, 15) is 0 Å². The number of hydrogen-bond donors (Lipinski definition) is 1. The number of aromatic nitrogens is 2. The average Bonchev–Trinajstić information content (AvgIpc) is 2.34. The molecule has 0 aliphatic heterocycles. The lowest BCUT2D eigenvalue weighted by Gasteiger charge is -2.07. The van der Waals surface area contributed by atoms with E-state index in [2.05, 4.69) is 9.97 Å². The van der Waals surface area contributed by atoms with Gasteiger partial charge in [0, 0.05) is 30.1 Å². The highest BCUT2D eigenvalue weighted by molar-refractivity contribution is 6.42. The van der Waals surface area contributed by atoms with Crippen LogP contribution in [0.1, 0.15) is 11.3 Å². The van der Waals surface area contributed by atoms with Crippen LogP contribution in [0, 0.1) is 6.92 Å². The molecule has 0 aliphatic rings. The van der Waals surface area contributed by atoms with Gasteiger partial charge in [0.25, 0.3) is 0 Å². The number of aryl methyl sites for hydroxylation is 1. The van der Waals surface area contributed by atoms with E-state index in [0.717, 1.165) is 11.3 Å². The number of nitrogens with two attached hydrogens (primary N) is 1. The molecule has 0 fully saturated rings. The zero-order valence-corrected chi connectivity index (χ0v) is 11.2. The maximum absolute atomic E-state index is 5.89. The fourth-order valence-corrected chi connectivity index (χ4v) is 1.65. The highest BCUT2D eigenvalue weighted by atomic mass is 35.5.